The summed E-state index contributed by atoms with van der Waals surface area (Å²) in [5.41, 5.74) is -0.276. The van der Waals surface area contributed by atoms with Crippen molar-refractivity contribution in [1.29, 1.82) is 0 Å². The number of nitrogens with one attached hydrogen (secondary N) is 1. The summed E-state index contributed by atoms with van der Waals surface area (Å²) in [5, 5.41) is 6.46. The molecule has 9 heteroatoms. The maximum absolute atomic E-state index is 14.2. The highest BCUT2D eigenvalue weighted by atomic mass is 35.5. The van der Waals surface area contributed by atoms with Gasteiger partial charge in [-0.15, -0.1) is 12.4 Å². The first kappa shape index (κ1) is 19.1. The fourth-order valence-corrected chi connectivity index (χ4v) is 3.47. The van der Waals surface area contributed by atoms with E-state index in [1.807, 2.05) is 0 Å². The molecule has 0 spiro atoms. The zero-order valence-corrected chi connectivity index (χ0v) is 13.9. The van der Waals surface area contributed by atoms with Crippen LogP contribution >= 0.6 is 23.7 Å². The SMILES string of the molecule is Cl.Fc1c(F)c(F)c([C@@H](c2ccsc2)N2CCNCC2)c(F)c1F. The molecule has 24 heavy (non-hydrogen) atoms. The Morgan fingerprint density at radius 1 is 0.917 bits per heavy atom. The van der Waals surface area contributed by atoms with Crippen molar-refractivity contribution in [3.63, 3.8) is 0 Å². The third kappa shape index (κ3) is 3.28. The van der Waals surface area contributed by atoms with Crippen molar-refractivity contribution in [1.82, 2.24) is 10.2 Å². The standard InChI is InChI=1S/C15H13F5N2S.ClH/c16-10-9(11(17)13(19)14(20)12(10)18)15(8-1-6-23-7-8)22-4-2-21-3-5-22;/h1,6-7,15,21H,2-5H2;1H/t15-;/m1./s1. The summed E-state index contributed by atoms with van der Waals surface area (Å²) < 4.78 is 68.9. The quantitative estimate of drug-likeness (QED) is 0.491. The molecule has 1 aromatic heterocycles. The molecule has 2 aromatic rings. The van der Waals surface area contributed by atoms with E-state index in [2.05, 4.69) is 5.32 Å². The number of hydrogen-bond acceptors (Lipinski definition) is 3. The van der Waals surface area contributed by atoms with E-state index in [1.54, 1.807) is 21.7 Å². The Morgan fingerprint density at radius 3 is 1.96 bits per heavy atom. The molecule has 1 N–H and O–H groups in total. The van der Waals surface area contributed by atoms with Crippen LogP contribution in [0.2, 0.25) is 0 Å². The van der Waals surface area contributed by atoms with Crippen LogP contribution in [-0.2, 0) is 0 Å². The summed E-state index contributed by atoms with van der Waals surface area (Å²) in [6.07, 6.45) is 0. The summed E-state index contributed by atoms with van der Waals surface area (Å²) in [6.45, 7) is 2.05. The average Bonchev–Trinajstić information content (AvgIpc) is 3.10. The van der Waals surface area contributed by atoms with Crippen molar-refractivity contribution in [3.8, 4) is 0 Å². The van der Waals surface area contributed by atoms with Crippen LogP contribution in [0.15, 0.2) is 16.8 Å². The van der Waals surface area contributed by atoms with E-state index >= 15 is 0 Å². The zero-order chi connectivity index (χ0) is 16.6. The molecule has 0 aliphatic carbocycles. The van der Waals surface area contributed by atoms with E-state index in [-0.39, 0.29) is 12.4 Å². The van der Waals surface area contributed by atoms with Crippen molar-refractivity contribution >= 4 is 23.7 Å². The molecule has 0 unspecified atom stereocenters. The van der Waals surface area contributed by atoms with Gasteiger partial charge in [-0.1, -0.05) is 0 Å². The summed E-state index contributed by atoms with van der Waals surface area (Å²) in [4.78, 5) is 1.72. The van der Waals surface area contributed by atoms with E-state index in [0.717, 1.165) is 0 Å². The number of thiophene rings is 1. The average molecular weight is 385 g/mol. The fourth-order valence-electron chi connectivity index (χ4n) is 2.79. The molecule has 0 bridgehead atoms. The van der Waals surface area contributed by atoms with Gasteiger partial charge in [0.25, 0.3) is 0 Å². The second kappa shape index (κ2) is 7.77. The lowest BCUT2D eigenvalue weighted by atomic mass is 9.97. The lowest BCUT2D eigenvalue weighted by Gasteiger charge is -2.35. The van der Waals surface area contributed by atoms with Gasteiger partial charge in [-0.05, 0) is 22.4 Å². The van der Waals surface area contributed by atoms with Gasteiger partial charge in [0.05, 0.1) is 11.6 Å². The molecule has 1 aliphatic heterocycles. The largest absolute Gasteiger partial charge is 0.314 e. The van der Waals surface area contributed by atoms with Gasteiger partial charge in [-0.3, -0.25) is 4.90 Å². The van der Waals surface area contributed by atoms with Gasteiger partial charge < -0.3 is 5.32 Å². The van der Waals surface area contributed by atoms with Gasteiger partial charge in [0.15, 0.2) is 23.3 Å². The van der Waals surface area contributed by atoms with Crippen LogP contribution in [0, 0.1) is 29.1 Å². The minimum absolute atomic E-state index is 0. The maximum atomic E-state index is 14.2. The number of nitrogens with zero attached hydrogens (tertiary/aromatic N) is 1. The minimum Gasteiger partial charge on any atom is -0.314 e. The van der Waals surface area contributed by atoms with E-state index in [1.165, 1.54) is 11.3 Å². The Balaban J connectivity index is 0.00000208. The third-order valence-electron chi connectivity index (χ3n) is 3.89. The molecule has 1 saturated heterocycles. The van der Waals surface area contributed by atoms with Crippen LogP contribution in [0.3, 0.4) is 0 Å². The molecule has 0 amide bonds. The van der Waals surface area contributed by atoms with Crippen LogP contribution in [-0.4, -0.2) is 31.1 Å². The molecule has 1 atom stereocenters. The second-order valence-corrected chi connectivity index (χ2v) is 6.01. The Bertz CT molecular complexity index is 675. The number of rotatable bonds is 3. The number of benzene rings is 1. The third-order valence-corrected chi connectivity index (χ3v) is 4.59. The van der Waals surface area contributed by atoms with Crippen molar-refractivity contribution in [2.24, 2.45) is 0 Å². The van der Waals surface area contributed by atoms with Crippen LogP contribution in [0.5, 0.6) is 0 Å². The van der Waals surface area contributed by atoms with Crippen molar-refractivity contribution in [2.75, 3.05) is 26.2 Å². The molecule has 132 valence electrons. The monoisotopic (exact) mass is 384 g/mol. The van der Waals surface area contributed by atoms with Crippen LogP contribution in [0.4, 0.5) is 22.0 Å². The molecule has 2 heterocycles. The maximum Gasteiger partial charge on any atom is 0.200 e. The minimum atomic E-state index is -2.13. The van der Waals surface area contributed by atoms with E-state index in [0.29, 0.717) is 31.7 Å². The molecule has 2 nitrogen and oxygen atoms in total. The van der Waals surface area contributed by atoms with Gasteiger partial charge in [0, 0.05) is 26.2 Å². The predicted molar refractivity (Wildman–Crippen MR) is 84.1 cm³/mol. The number of halogens is 6. The van der Waals surface area contributed by atoms with Gasteiger partial charge in [-0.2, -0.15) is 11.3 Å². The Kier molecular flexibility index (Phi) is 6.19. The van der Waals surface area contributed by atoms with Gasteiger partial charge in [0.2, 0.25) is 5.82 Å². The Labute approximate surface area is 145 Å². The predicted octanol–water partition coefficient (Wildman–Crippen LogP) is 3.86. The first-order chi connectivity index (χ1) is 11.0. The normalized spacial score (nSPS) is 16.7. The number of hydrogen-bond donors (Lipinski definition) is 1. The van der Waals surface area contributed by atoms with E-state index in [4.69, 9.17) is 0 Å². The smallest absolute Gasteiger partial charge is 0.200 e. The summed E-state index contributed by atoms with van der Waals surface area (Å²) in [6, 6.07) is 0.628. The van der Waals surface area contributed by atoms with Gasteiger partial charge in [-0.25, -0.2) is 22.0 Å². The second-order valence-electron chi connectivity index (χ2n) is 5.23. The highest BCUT2D eigenvalue weighted by molar-refractivity contribution is 7.08. The Morgan fingerprint density at radius 2 is 1.46 bits per heavy atom. The van der Waals surface area contributed by atoms with Gasteiger partial charge in [0.1, 0.15) is 0 Å². The summed E-state index contributed by atoms with van der Waals surface area (Å²) in [7, 11) is 0. The van der Waals surface area contributed by atoms with Crippen LogP contribution in [0.1, 0.15) is 17.2 Å². The highest BCUT2D eigenvalue weighted by Crippen LogP contribution is 2.36. The van der Waals surface area contributed by atoms with Crippen LogP contribution < -0.4 is 5.32 Å². The zero-order valence-electron chi connectivity index (χ0n) is 12.3. The topological polar surface area (TPSA) is 15.3 Å². The molecule has 1 aliphatic rings. The lowest BCUT2D eigenvalue weighted by Crippen LogP contribution is -2.45. The molecule has 0 saturated carbocycles. The van der Waals surface area contributed by atoms with Crippen molar-refractivity contribution in [2.45, 2.75) is 6.04 Å². The molecule has 1 aromatic carbocycles. The molecule has 3 rings (SSSR count). The fraction of sp³-hybridized carbons (Fsp3) is 0.333. The van der Waals surface area contributed by atoms with Crippen LogP contribution in [0.25, 0.3) is 0 Å². The van der Waals surface area contributed by atoms with Crippen molar-refractivity contribution < 1.29 is 22.0 Å². The Hall–Kier alpha value is -1.22. The molecular formula is C15H14ClF5N2S. The van der Waals surface area contributed by atoms with E-state index in [9.17, 15) is 22.0 Å². The van der Waals surface area contributed by atoms with Crippen molar-refractivity contribution in [3.05, 3.63) is 57.0 Å². The first-order valence-corrected chi connectivity index (χ1v) is 7.94. The van der Waals surface area contributed by atoms with Gasteiger partial charge >= 0.3 is 0 Å². The summed E-state index contributed by atoms with van der Waals surface area (Å²) >= 11 is 1.30. The molecule has 0 radical (unpaired) electrons. The first-order valence-electron chi connectivity index (χ1n) is 7.00. The number of piperazine rings is 1. The highest BCUT2D eigenvalue weighted by Gasteiger charge is 2.34. The molecular weight excluding hydrogens is 371 g/mol. The summed E-state index contributed by atoms with van der Waals surface area (Å²) in [5.74, 6) is -9.48. The lowest BCUT2D eigenvalue weighted by molar-refractivity contribution is 0.189. The molecule has 1 fully saturated rings. The van der Waals surface area contributed by atoms with E-state index < -0.39 is 40.7 Å².